The van der Waals surface area contributed by atoms with E-state index in [-0.39, 0.29) is 11.5 Å². The average Bonchev–Trinajstić information content (AvgIpc) is 2.79. The summed E-state index contributed by atoms with van der Waals surface area (Å²) in [5.41, 5.74) is 0.149. The molecule has 0 saturated heterocycles. The van der Waals surface area contributed by atoms with Crippen molar-refractivity contribution in [2.45, 2.75) is 111 Å². The largest absolute Gasteiger partial charge is 0.544 e. The van der Waals surface area contributed by atoms with Crippen molar-refractivity contribution in [3.05, 3.63) is 54.3 Å². The number of esters is 1. The van der Waals surface area contributed by atoms with E-state index in [0.29, 0.717) is 11.7 Å². The highest BCUT2D eigenvalue weighted by Crippen LogP contribution is 2.39. The lowest BCUT2D eigenvalue weighted by molar-refractivity contribution is -0.143. The first-order valence-electron chi connectivity index (χ1n) is 13.7. The molecule has 0 unspecified atom stereocenters. The van der Waals surface area contributed by atoms with Crippen LogP contribution in [-0.4, -0.2) is 45.2 Å². The number of rotatable bonds is 13. The maximum absolute atomic E-state index is 12.3. The highest BCUT2D eigenvalue weighted by molar-refractivity contribution is 6.74. The molecule has 0 spiro atoms. The van der Waals surface area contributed by atoms with Gasteiger partial charge in [-0.15, -0.1) is 0 Å². The highest BCUT2D eigenvalue weighted by Gasteiger charge is 2.40. The van der Waals surface area contributed by atoms with E-state index >= 15 is 0 Å². The molecule has 0 aromatic heterocycles. The van der Waals surface area contributed by atoms with Crippen LogP contribution in [-0.2, 0) is 25.1 Å². The molecule has 0 bridgehead atoms. The zero-order valence-electron chi connectivity index (χ0n) is 26.0. The summed E-state index contributed by atoms with van der Waals surface area (Å²) in [5.74, 6) is 1.48. The smallest absolute Gasteiger partial charge is 0.408 e. The highest BCUT2D eigenvalue weighted by atomic mass is 28.4. The van der Waals surface area contributed by atoms with Crippen LogP contribution >= 0.6 is 0 Å². The predicted octanol–water partition coefficient (Wildman–Crippen LogP) is 7.57. The van der Waals surface area contributed by atoms with Gasteiger partial charge in [0, 0.05) is 6.42 Å². The van der Waals surface area contributed by atoms with E-state index in [4.69, 9.17) is 18.6 Å². The SMILES string of the molecule is C=C[C@@H](Oc1ccc(C[C@H](NC(=O)OC(C)(C)C)C(=O)OC)cc1)/C(=C/CCC(C)C)O[Si](C)(C)C(C)(C)C. The molecule has 2 atom stereocenters. The number of allylic oxidation sites excluding steroid dienone is 1. The molecular formula is C31H51NO6Si. The van der Waals surface area contributed by atoms with E-state index in [1.807, 2.05) is 24.3 Å². The molecule has 1 aromatic carbocycles. The number of benzene rings is 1. The number of hydrogen-bond acceptors (Lipinski definition) is 6. The Bertz CT molecular complexity index is 970. The number of ether oxygens (including phenoxy) is 3. The number of methoxy groups -OCH3 is 1. The van der Waals surface area contributed by atoms with Crippen LogP contribution in [0.1, 0.15) is 73.8 Å². The summed E-state index contributed by atoms with van der Waals surface area (Å²) < 4.78 is 23.2. The molecule has 0 aliphatic heterocycles. The lowest BCUT2D eigenvalue weighted by Crippen LogP contribution is -2.45. The monoisotopic (exact) mass is 561 g/mol. The van der Waals surface area contributed by atoms with Crippen molar-refractivity contribution in [1.29, 1.82) is 0 Å². The molecule has 0 aliphatic rings. The summed E-state index contributed by atoms with van der Waals surface area (Å²) >= 11 is 0. The van der Waals surface area contributed by atoms with Gasteiger partial charge in [-0.1, -0.05) is 53.3 Å². The average molecular weight is 562 g/mol. The van der Waals surface area contributed by atoms with Crippen LogP contribution < -0.4 is 10.1 Å². The minimum atomic E-state index is -2.10. The molecule has 0 saturated carbocycles. The molecule has 0 radical (unpaired) electrons. The Kier molecular flexibility index (Phi) is 12.8. The first kappa shape index (κ1) is 34.3. The molecule has 0 fully saturated rings. The number of nitrogens with one attached hydrogen (secondary N) is 1. The second kappa shape index (κ2) is 14.6. The Hall–Kier alpha value is -2.74. The van der Waals surface area contributed by atoms with E-state index in [0.717, 1.165) is 24.2 Å². The van der Waals surface area contributed by atoms with Gasteiger partial charge < -0.3 is 24.0 Å². The van der Waals surface area contributed by atoms with E-state index in [2.05, 4.69) is 65.7 Å². The van der Waals surface area contributed by atoms with Gasteiger partial charge >= 0.3 is 12.1 Å². The number of alkyl carbamates (subject to hydrolysis) is 1. The topological polar surface area (TPSA) is 83.1 Å². The number of carbonyl (C=O) groups is 2. The van der Waals surface area contributed by atoms with Gasteiger partial charge in [0.15, 0.2) is 6.10 Å². The Morgan fingerprint density at radius 3 is 2.10 bits per heavy atom. The standard InChI is InChI=1S/C31H51NO6Si/c1-13-26(27(16-14-15-22(2)3)38-39(11,12)31(7,8)9)36-24-19-17-23(18-20-24)21-25(28(33)35-10)32-29(34)37-30(4,5)6/h13,16-20,22,25-26H,1,14-15,21H2,2-12H3,(H,32,34)/b27-16-/t25-,26+/m0/s1. The van der Waals surface area contributed by atoms with Gasteiger partial charge in [-0.3, -0.25) is 0 Å². The van der Waals surface area contributed by atoms with Crippen molar-refractivity contribution in [1.82, 2.24) is 5.32 Å². The number of hydrogen-bond donors (Lipinski definition) is 1. The van der Waals surface area contributed by atoms with E-state index in [9.17, 15) is 9.59 Å². The van der Waals surface area contributed by atoms with Crippen molar-refractivity contribution in [3.8, 4) is 5.75 Å². The fraction of sp³-hybridized carbons (Fsp3) is 0.613. The lowest BCUT2D eigenvalue weighted by atomic mass is 10.1. The fourth-order valence-electron chi connectivity index (χ4n) is 3.32. The van der Waals surface area contributed by atoms with Crippen molar-refractivity contribution in [2.75, 3.05) is 7.11 Å². The third kappa shape index (κ3) is 12.3. The summed E-state index contributed by atoms with van der Waals surface area (Å²) in [7, 11) is -0.808. The molecule has 39 heavy (non-hydrogen) atoms. The van der Waals surface area contributed by atoms with E-state index in [1.165, 1.54) is 7.11 Å². The molecule has 0 aliphatic carbocycles. The minimum absolute atomic E-state index is 0.0427. The molecule has 220 valence electrons. The quantitative estimate of drug-likeness (QED) is 0.116. The summed E-state index contributed by atoms with van der Waals surface area (Å²) in [5, 5.41) is 2.65. The molecule has 1 aromatic rings. The molecule has 1 rings (SSSR count). The van der Waals surface area contributed by atoms with Gasteiger partial charge in [-0.05, 0) is 87.5 Å². The third-order valence-corrected chi connectivity index (χ3v) is 10.9. The zero-order chi connectivity index (χ0) is 30.0. The first-order chi connectivity index (χ1) is 17.9. The Balaban J connectivity index is 3.08. The maximum atomic E-state index is 12.3. The second-order valence-electron chi connectivity index (χ2n) is 12.8. The van der Waals surface area contributed by atoms with E-state index in [1.54, 1.807) is 26.8 Å². The van der Waals surface area contributed by atoms with Crippen LogP contribution in [0.25, 0.3) is 0 Å². The molecule has 7 nitrogen and oxygen atoms in total. The van der Waals surface area contributed by atoms with Gasteiger partial charge in [0.25, 0.3) is 0 Å². The van der Waals surface area contributed by atoms with Crippen molar-refractivity contribution < 1.29 is 28.2 Å². The van der Waals surface area contributed by atoms with Gasteiger partial charge in [0.1, 0.15) is 23.2 Å². The molecule has 0 heterocycles. The molecular weight excluding hydrogens is 510 g/mol. The van der Waals surface area contributed by atoms with E-state index < -0.39 is 38.1 Å². The van der Waals surface area contributed by atoms with Gasteiger partial charge in [-0.25, -0.2) is 9.59 Å². The van der Waals surface area contributed by atoms with Crippen LogP contribution in [0.3, 0.4) is 0 Å². The maximum Gasteiger partial charge on any atom is 0.408 e. The Morgan fingerprint density at radius 1 is 1.05 bits per heavy atom. The van der Waals surface area contributed by atoms with Crippen molar-refractivity contribution in [2.24, 2.45) is 5.92 Å². The predicted molar refractivity (Wildman–Crippen MR) is 160 cm³/mol. The second-order valence-corrected chi connectivity index (χ2v) is 17.5. The fourth-order valence-corrected chi connectivity index (χ4v) is 4.41. The van der Waals surface area contributed by atoms with Crippen LogP contribution in [0.2, 0.25) is 18.1 Å². The van der Waals surface area contributed by atoms with Crippen molar-refractivity contribution in [3.63, 3.8) is 0 Å². The van der Waals surface area contributed by atoms with Gasteiger partial charge in [0.05, 0.1) is 7.11 Å². The van der Waals surface area contributed by atoms with Crippen LogP contribution in [0.15, 0.2) is 48.8 Å². The molecule has 8 heteroatoms. The van der Waals surface area contributed by atoms with Crippen LogP contribution in [0, 0.1) is 5.92 Å². The summed E-state index contributed by atoms with van der Waals surface area (Å²) in [6, 6.07) is 6.52. The number of amides is 1. The third-order valence-electron chi connectivity index (χ3n) is 6.57. The Labute approximate surface area is 237 Å². The summed E-state index contributed by atoms with van der Waals surface area (Å²) in [6.07, 6.45) is 4.99. The zero-order valence-corrected chi connectivity index (χ0v) is 27.0. The van der Waals surface area contributed by atoms with Gasteiger partial charge in [-0.2, -0.15) is 0 Å². The summed E-state index contributed by atoms with van der Waals surface area (Å²) in [4.78, 5) is 24.6. The minimum Gasteiger partial charge on any atom is -0.544 e. The van der Waals surface area contributed by atoms with Crippen molar-refractivity contribution >= 4 is 20.4 Å². The van der Waals surface area contributed by atoms with Crippen LogP contribution in [0.4, 0.5) is 4.79 Å². The Morgan fingerprint density at radius 2 is 1.64 bits per heavy atom. The summed E-state index contributed by atoms with van der Waals surface area (Å²) in [6.45, 7) is 24.8. The van der Waals surface area contributed by atoms with Crippen LogP contribution in [0.5, 0.6) is 5.75 Å². The first-order valence-corrected chi connectivity index (χ1v) is 16.6. The normalized spacial score (nSPS) is 14.3. The van der Waals surface area contributed by atoms with Gasteiger partial charge in [0.2, 0.25) is 8.32 Å². The molecule has 1 N–H and O–H groups in total. The number of carbonyl (C=O) groups excluding carboxylic acids is 2. The lowest BCUT2D eigenvalue weighted by Gasteiger charge is -2.38. The molecule has 1 amide bonds.